The maximum Gasteiger partial charge on any atom is 0.227 e. The SMILES string of the molecule is CCS(=O)(=O)c1ncc(CN2CCC[C@H](OC)C2)n1CCc1ccccc1. The van der Waals surface area contributed by atoms with Crippen molar-refractivity contribution in [2.75, 3.05) is 26.0 Å². The molecule has 0 spiro atoms. The van der Waals surface area contributed by atoms with Crippen molar-refractivity contribution < 1.29 is 13.2 Å². The largest absolute Gasteiger partial charge is 0.380 e. The third-order valence-electron chi connectivity index (χ3n) is 5.21. The molecule has 1 atom stereocenters. The first-order valence-corrected chi connectivity index (χ1v) is 11.2. The molecule has 7 heteroatoms. The molecule has 1 aromatic heterocycles. The van der Waals surface area contributed by atoms with Crippen LogP contribution in [-0.4, -0.2) is 54.9 Å². The minimum absolute atomic E-state index is 0.0598. The Morgan fingerprint density at radius 2 is 2.04 bits per heavy atom. The molecule has 0 radical (unpaired) electrons. The number of hydrogen-bond donors (Lipinski definition) is 0. The fraction of sp³-hybridized carbons (Fsp3) is 0.550. The molecule has 1 aromatic carbocycles. The van der Waals surface area contributed by atoms with Gasteiger partial charge >= 0.3 is 0 Å². The number of ether oxygens (including phenoxy) is 1. The van der Waals surface area contributed by atoms with Gasteiger partial charge in [-0.15, -0.1) is 0 Å². The third-order valence-corrected chi connectivity index (χ3v) is 6.85. The molecule has 1 aliphatic heterocycles. The van der Waals surface area contributed by atoms with E-state index in [1.54, 1.807) is 20.2 Å². The molecule has 6 nitrogen and oxygen atoms in total. The van der Waals surface area contributed by atoms with E-state index in [-0.39, 0.29) is 17.0 Å². The first-order chi connectivity index (χ1) is 13.0. The van der Waals surface area contributed by atoms with Crippen molar-refractivity contribution in [2.45, 2.75) is 50.5 Å². The monoisotopic (exact) mass is 391 g/mol. The maximum atomic E-state index is 12.5. The van der Waals surface area contributed by atoms with Gasteiger partial charge in [0.05, 0.1) is 23.7 Å². The molecule has 0 bridgehead atoms. The number of rotatable bonds is 8. The first-order valence-electron chi connectivity index (χ1n) is 9.59. The van der Waals surface area contributed by atoms with Gasteiger partial charge in [-0.2, -0.15) is 0 Å². The first kappa shape index (κ1) is 20.0. The van der Waals surface area contributed by atoms with E-state index in [1.165, 1.54) is 5.56 Å². The van der Waals surface area contributed by atoms with Crippen molar-refractivity contribution in [1.29, 1.82) is 0 Å². The van der Waals surface area contributed by atoms with Gasteiger partial charge in [-0.25, -0.2) is 13.4 Å². The Bertz CT molecular complexity index is 833. The van der Waals surface area contributed by atoms with Crippen molar-refractivity contribution >= 4 is 9.84 Å². The number of benzene rings is 1. The Labute approximate surface area is 162 Å². The van der Waals surface area contributed by atoms with Crippen LogP contribution in [0.4, 0.5) is 0 Å². The highest BCUT2D eigenvalue weighted by Gasteiger charge is 2.24. The Morgan fingerprint density at radius 1 is 1.26 bits per heavy atom. The van der Waals surface area contributed by atoms with Crippen molar-refractivity contribution in [2.24, 2.45) is 0 Å². The fourth-order valence-electron chi connectivity index (χ4n) is 3.60. The highest BCUT2D eigenvalue weighted by Crippen LogP contribution is 2.19. The zero-order chi connectivity index (χ0) is 19.3. The van der Waals surface area contributed by atoms with E-state index in [0.29, 0.717) is 13.1 Å². The highest BCUT2D eigenvalue weighted by molar-refractivity contribution is 7.91. The van der Waals surface area contributed by atoms with Crippen LogP contribution in [0.25, 0.3) is 0 Å². The minimum Gasteiger partial charge on any atom is -0.380 e. The predicted octanol–water partition coefficient (Wildman–Crippen LogP) is 2.53. The molecule has 1 fully saturated rings. The van der Waals surface area contributed by atoms with E-state index in [0.717, 1.165) is 38.0 Å². The van der Waals surface area contributed by atoms with E-state index in [1.807, 2.05) is 22.8 Å². The smallest absolute Gasteiger partial charge is 0.227 e. The fourth-order valence-corrected chi connectivity index (χ4v) is 4.61. The molecule has 2 aromatic rings. The van der Waals surface area contributed by atoms with Crippen molar-refractivity contribution in [3.05, 3.63) is 47.8 Å². The van der Waals surface area contributed by atoms with Gasteiger partial charge in [0.2, 0.25) is 15.0 Å². The Balaban J connectivity index is 1.82. The molecule has 148 valence electrons. The van der Waals surface area contributed by atoms with E-state index >= 15 is 0 Å². The molecule has 0 aliphatic carbocycles. The summed E-state index contributed by atoms with van der Waals surface area (Å²) in [7, 11) is -1.61. The van der Waals surface area contributed by atoms with Gasteiger partial charge in [-0.3, -0.25) is 4.90 Å². The van der Waals surface area contributed by atoms with E-state index in [4.69, 9.17) is 4.74 Å². The summed E-state index contributed by atoms with van der Waals surface area (Å²) < 4.78 is 32.4. The quantitative estimate of drug-likeness (QED) is 0.692. The molecule has 0 N–H and O–H groups in total. The molecule has 1 aliphatic rings. The average Bonchev–Trinajstić information content (AvgIpc) is 3.10. The number of likely N-dealkylation sites (tertiary alicyclic amines) is 1. The average molecular weight is 392 g/mol. The third kappa shape index (κ3) is 4.97. The van der Waals surface area contributed by atoms with Crippen LogP contribution in [0.5, 0.6) is 0 Å². The van der Waals surface area contributed by atoms with Crippen LogP contribution in [0.1, 0.15) is 31.0 Å². The van der Waals surface area contributed by atoms with Crippen molar-refractivity contribution in [3.8, 4) is 0 Å². The van der Waals surface area contributed by atoms with Gasteiger partial charge in [0.1, 0.15) is 0 Å². The van der Waals surface area contributed by atoms with Crippen molar-refractivity contribution in [1.82, 2.24) is 14.5 Å². The van der Waals surface area contributed by atoms with Crippen LogP contribution in [0.15, 0.2) is 41.7 Å². The second-order valence-corrected chi connectivity index (χ2v) is 9.23. The Kier molecular flexibility index (Phi) is 6.68. The summed E-state index contributed by atoms with van der Waals surface area (Å²) in [4.78, 5) is 6.62. The lowest BCUT2D eigenvalue weighted by molar-refractivity contribution is 0.0277. The number of nitrogens with zero attached hydrogens (tertiary/aromatic N) is 3. The van der Waals surface area contributed by atoms with E-state index in [2.05, 4.69) is 22.0 Å². The Hall–Kier alpha value is -1.70. The van der Waals surface area contributed by atoms with Gasteiger partial charge < -0.3 is 9.30 Å². The number of sulfone groups is 1. The molecular weight excluding hydrogens is 362 g/mol. The van der Waals surface area contributed by atoms with Crippen LogP contribution < -0.4 is 0 Å². The summed E-state index contributed by atoms with van der Waals surface area (Å²) in [5, 5.41) is 0.191. The summed E-state index contributed by atoms with van der Waals surface area (Å²) in [6.45, 7) is 4.84. The number of hydrogen-bond acceptors (Lipinski definition) is 5. The second-order valence-electron chi connectivity index (χ2n) is 7.06. The summed E-state index contributed by atoms with van der Waals surface area (Å²) in [6.07, 6.45) is 4.92. The standard InChI is InChI=1S/C20H29N3O3S/c1-3-27(24,25)20-21-14-18(15-22-12-7-10-19(16-22)26-2)23(20)13-11-17-8-5-4-6-9-17/h4-6,8-9,14,19H,3,7,10-13,15-16H2,1-2H3/t19-/m0/s1. The van der Waals surface area contributed by atoms with E-state index < -0.39 is 9.84 Å². The molecule has 2 heterocycles. The van der Waals surface area contributed by atoms with E-state index in [9.17, 15) is 8.42 Å². The summed E-state index contributed by atoms with van der Waals surface area (Å²) >= 11 is 0. The number of imidazole rings is 1. The zero-order valence-electron chi connectivity index (χ0n) is 16.2. The zero-order valence-corrected chi connectivity index (χ0v) is 17.0. The predicted molar refractivity (Wildman–Crippen MR) is 105 cm³/mol. The van der Waals surface area contributed by atoms with Crippen LogP contribution in [0.2, 0.25) is 0 Å². The minimum atomic E-state index is -3.36. The van der Waals surface area contributed by atoms with Crippen LogP contribution in [0, 0.1) is 0 Å². The van der Waals surface area contributed by atoms with Gasteiger partial charge in [0.25, 0.3) is 0 Å². The van der Waals surface area contributed by atoms with Gasteiger partial charge in [0.15, 0.2) is 0 Å². The molecule has 1 saturated heterocycles. The number of piperidine rings is 1. The highest BCUT2D eigenvalue weighted by atomic mass is 32.2. The lowest BCUT2D eigenvalue weighted by Gasteiger charge is -2.32. The van der Waals surface area contributed by atoms with Gasteiger partial charge in [-0.1, -0.05) is 37.3 Å². The summed E-state index contributed by atoms with van der Waals surface area (Å²) in [6, 6.07) is 10.1. The molecule has 0 saturated carbocycles. The normalized spacial score (nSPS) is 18.7. The van der Waals surface area contributed by atoms with Crippen molar-refractivity contribution in [3.63, 3.8) is 0 Å². The summed E-state index contributed by atoms with van der Waals surface area (Å²) in [5.41, 5.74) is 2.14. The lowest BCUT2D eigenvalue weighted by Crippen LogP contribution is -2.39. The Morgan fingerprint density at radius 3 is 2.74 bits per heavy atom. The molecule has 27 heavy (non-hydrogen) atoms. The van der Waals surface area contributed by atoms with Crippen LogP contribution in [-0.2, 0) is 34.1 Å². The maximum absolute atomic E-state index is 12.5. The van der Waals surface area contributed by atoms with Gasteiger partial charge in [-0.05, 0) is 31.4 Å². The topological polar surface area (TPSA) is 64.4 Å². The molecule has 0 amide bonds. The molecule has 0 unspecified atom stereocenters. The second kappa shape index (κ2) is 8.99. The van der Waals surface area contributed by atoms with Gasteiger partial charge in [0, 0.05) is 26.7 Å². The number of methoxy groups -OCH3 is 1. The number of aryl methyl sites for hydroxylation is 1. The number of aromatic nitrogens is 2. The van der Waals surface area contributed by atoms with Crippen LogP contribution >= 0.6 is 0 Å². The molecular formula is C20H29N3O3S. The lowest BCUT2D eigenvalue weighted by atomic mass is 10.1. The summed E-state index contributed by atoms with van der Waals surface area (Å²) in [5.74, 6) is 0.0598. The van der Waals surface area contributed by atoms with Crippen LogP contribution in [0.3, 0.4) is 0 Å². The molecule has 3 rings (SSSR count).